The fourth-order valence-corrected chi connectivity index (χ4v) is 4.83. The van der Waals surface area contributed by atoms with Gasteiger partial charge in [0.2, 0.25) is 0 Å². The Bertz CT molecular complexity index is 809. The van der Waals surface area contributed by atoms with Gasteiger partial charge in [-0.15, -0.1) is 0 Å². The van der Waals surface area contributed by atoms with Gasteiger partial charge in [-0.25, -0.2) is 9.59 Å². The molecule has 6 nitrogen and oxygen atoms in total. The fourth-order valence-electron chi connectivity index (χ4n) is 4.43. The molecule has 2 saturated heterocycles. The van der Waals surface area contributed by atoms with E-state index < -0.39 is 11.3 Å². The maximum Gasteiger partial charge on any atom is 0.321 e. The molecule has 2 heterocycles. The average Bonchev–Trinajstić information content (AvgIpc) is 3.11. The summed E-state index contributed by atoms with van der Waals surface area (Å²) in [6, 6.07) is 18.7. The zero-order chi connectivity index (χ0) is 19.8. The Labute approximate surface area is 175 Å². The average molecular weight is 415 g/mol. The Morgan fingerprint density at radius 3 is 1.36 bits per heavy atom. The molecule has 2 atom stereocenters. The molecule has 2 aromatic rings. The molecule has 0 saturated carbocycles. The van der Waals surface area contributed by atoms with E-state index in [0.29, 0.717) is 24.6 Å². The maximum atomic E-state index is 13.2. The first-order chi connectivity index (χ1) is 13.6. The number of urea groups is 2. The molecule has 0 aliphatic carbocycles. The highest BCUT2D eigenvalue weighted by Gasteiger charge is 2.73. The van der Waals surface area contributed by atoms with E-state index in [2.05, 4.69) is 35.9 Å². The van der Waals surface area contributed by atoms with Gasteiger partial charge in [-0.05, 0) is 0 Å². The second-order valence-corrected chi connectivity index (χ2v) is 7.66. The minimum Gasteiger partial charge on any atom is -0.307 e. The number of benzene rings is 2. The summed E-state index contributed by atoms with van der Waals surface area (Å²) in [5.74, 6) is 0.935. The zero-order valence-electron chi connectivity index (χ0n) is 15.2. The predicted octanol–water partition coefficient (Wildman–Crippen LogP) is 2.60. The number of hydrogen-bond acceptors (Lipinski definition) is 4. The largest absolute Gasteiger partial charge is 0.321 e. The van der Waals surface area contributed by atoms with Crippen LogP contribution in [0.15, 0.2) is 60.7 Å². The Balaban J connectivity index is 2.05. The van der Waals surface area contributed by atoms with Crippen LogP contribution in [0.4, 0.5) is 9.59 Å². The highest BCUT2D eigenvalue weighted by Crippen LogP contribution is 2.53. The Morgan fingerprint density at radius 1 is 0.679 bits per heavy atom. The van der Waals surface area contributed by atoms with Gasteiger partial charge in [0.25, 0.3) is 0 Å². The van der Waals surface area contributed by atoms with Gasteiger partial charge in [0.05, 0.1) is 0 Å². The van der Waals surface area contributed by atoms with Crippen molar-refractivity contribution in [1.29, 1.82) is 0 Å². The maximum absolute atomic E-state index is 13.2. The van der Waals surface area contributed by atoms with Gasteiger partial charge in [0.1, 0.15) is 0 Å². The second kappa shape index (κ2) is 7.25. The third-order valence-electron chi connectivity index (χ3n) is 5.43. The number of nitrogens with one attached hydrogen (secondary N) is 2. The van der Waals surface area contributed by atoms with Crippen molar-refractivity contribution in [1.82, 2.24) is 20.4 Å². The van der Waals surface area contributed by atoms with Crippen molar-refractivity contribution in [3.05, 3.63) is 71.8 Å². The Morgan fingerprint density at radius 2 is 1.04 bits per heavy atom. The van der Waals surface area contributed by atoms with Crippen molar-refractivity contribution in [2.45, 2.75) is 11.3 Å². The third-order valence-corrected chi connectivity index (χ3v) is 5.83. The summed E-state index contributed by atoms with van der Waals surface area (Å²) >= 11 is 8.71. The number of carbonyl (C=O) groups excluding carboxylic acids is 2. The molecule has 2 aliphatic rings. The molecule has 0 spiro atoms. The summed E-state index contributed by atoms with van der Waals surface area (Å²) in [5.41, 5.74) is -0.548. The standard InChI is InChI=1S/C20H22N4O2S2/c25-17-21-19(15-7-3-1-4-8-15)20(24(17)12-14-28,16-9-5-2-6-10-16)22-18(26)23(19)11-13-27/h1-10,27-28H,11-14H2,(H,21,25)(H,22,26). The molecule has 8 heteroatoms. The summed E-state index contributed by atoms with van der Waals surface area (Å²) < 4.78 is 0. The fraction of sp³-hybridized carbons (Fsp3) is 0.300. The van der Waals surface area contributed by atoms with Crippen LogP contribution in [-0.2, 0) is 11.3 Å². The van der Waals surface area contributed by atoms with Gasteiger partial charge in [-0.2, -0.15) is 25.3 Å². The summed E-state index contributed by atoms with van der Waals surface area (Å²) in [5, 5.41) is 6.29. The van der Waals surface area contributed by atoms with E-state index in [0.717, 1.165) is 11.1 Å². The first-order valence-corrected chi connectivity index (χ1v) is 10.4. The lowest BCUT2D eigenvalue weighted by Crippen LogP contribution is -2.62. The summed E-state index contributed by atoms with van der Waals surface area (Å²) in [6.45, 7) is 0.765. The van der Waals surface area contributed by atoms with Crippen LogP contribution >= 0.6 is 25.3 Å². The van der Waals surface area contributed by atoms with Gasteiger partial charge < -0.3 is 10.6 Å². The molecular formula is C20H22N4O2S2. The van der Waals surface area contributed by atoms with Crippen LogP contribution in [0.2, 0.25) is 0 Å². The van der Waals surface area contributed by atoms with Crippen LogP contribution in [0, 0.1) is 0 Å². The molecule has 28 heavy (non-hydrogen) atoms. The zero-order valence-corrected chi connectivity index (χ0v) is 17.0. The molecule has 4 amide bonds. The van der Waals surface area contributed by atoms with Gasteiger partial charge in [-0.3, -0.25) is 9.80 Å². The second-order valence-electron chi connectivity index (χ2n) is 6.76. The number of hydrogen-bond donors (Lipinski definition) is 4. The van der Waals surface area contributed by atoms with Gasteiger partial charge in [0.15, 0.2) is 11.3 Å². The number of fused-ring (bicyclic) bond motifs is 1. The van der Waals surface area contributed by atoms with Crippen molar-refractivity contribution in [2.75, 3.05) is 24.6 Å². The third kappa shape index (κ3) is 2.44. The quantitative estimate of drug-likeness (QED) is 0.549. The molecule has 2 unspecified atom stereocenters. The van der Waals surface area contributed by atoms with Gasteiger partial charge in [0, 0.05) is 35.7 Å². The predicted molar refractivity (Wildman–Crippen MR) is 114 cm³/mol. The first kappa shape index (κ1) is 19.0. The summed E-state index contributed by atoms with van der Waals surface area (Å²) in [4.78, 5) is 29.7. The van der Waals surface area contributed by atoms with Crippen LogP contribution in [0.25, 0.3) is 0 Å². The van der Waals surface area contributed by atoms with Crippen LogP contribution in [0.3, 0.4) is 0 Å². The molecule has 0 bridgehead atoms. The molecule has 4 rings (SSSR count). The van der Waals surface area contributed by atoms with E-state index in [4.69, 9.17) is 0 Å². The number of thiol groups is 2. The SMILES string of the molecule is O=C1NC2(c3ccccc3)N(CCS)C(=O)NC2(c2ccccc2)N1CCS. The lowest BCUT2D eigenvalue weighted by molar-refractivity contribution is 0.0311. The lowest BCUT2D eigenvalue weighted by atomic mass is 9.81. The van der Waals surface area contributed by atoms with Crippen molar-refractivity contribution < 1.29 is 9.59 Å². The molecule has 146 valence electrons. The molecule has 2 aromatic carbocycles. The summed E-state index contributed by atoms with van der Waals surface area (Å²) in [7, 11) is 0. The molecular weight excluding hydrogens is 392 g/mol. The molecule has 2 aliphatic heterocycles. The van der Waals surface area contributed by atoms with Gasteiger partial charge in [-0.1, -0.05) is 60.7 Å². The van der Waals surface area contributed by atoms with E-state index in [1.807, 2.05) is 60.7 Å². The Kier molecular flexibility index (Phi) is 4.93. The highest BCUT2D eigenvalue weighted by molar-refractivity contribution is 7.80. The number of amides is 4. The minimum absolute atomic E-state index is 0.245. The van der Waals surface area contributed by atoms with Crippen molar-refractivity contribution >= 4 is 37.3 Å². The number of rotatable bonds is 6. The summed E-state index contributed by atoms with van der Waals surface area (Å²) in [6.07, 6.45) is 0. The molecule has 0 aromatic heterocycles. The van der Waals surface area contributed by atoms with E-state index in [9.17, 15) is 9.59 Å². The number of carbonyl (C=O) groups is 2. The van der Waals surface area contributed by atoms with Gasteiger partial charge >= 0.3 is 12.1 Å². The molecule has 2 fully saturated rings. The van der Waals surface area contributed by atoms with Crippen molar-refractivity contribution in [2.24, 2.45) is 0 Å². The van der Waals surface area contributed by atoms with Crippen LogP contribution in [0.1, 0.15) is 11.1 Å². The van der Waals surface area contributed by atoms with Crippen LogP contribution in [-0.4, -0.2) is 46.5 Å². The van der Waals surface area contributed by atoms with Crippen LogP contribution < -0.4 is 10.6 Å². The Hall–Kier alpha value is -2.32. The van der Waals surface area contributed by atoms with Crippen molar-refractivity contribution in [3.8, 4) is 0 Å². The normalized spacial score (nSPS) is 26.2. The van der Waals surface area contributed by atoms with Crippen LogP contribution in [0.5, 0.6) is 0 Å². The lowest BCUT2D eigenvalue weighted by Gasteiger charge is -2.45. The van der Waals surface area contributed by atoms with E-state index >= 15 is 0 Å². The molecule has 0 radical (unpaired) electrons. The van der Waals surface area contributed by atoms with E-state index in [-0.39, 0.29) is 12.1 Å². The highest BCUT2D eigenvalue weighted by atomic mass is 32.1. The van der Waals surface area contributed by atoms with E-state index in [1.165, 1.54) is 0 Å². The van der Waals surface area contributed by atoms with Crippen molar-refractivity contribution in [3.63, 3.8) is 0 Å². The molecule has 2 N–H and O–H groups in total. The first-order valence-electron chi connectivity index (χ1n) is 9.14. The van der Waals surface area contributed by atoms with E-state index in [1.54, 1.807) is 9.80 Å². The number of nitrogens with zero attached hydrogens (tertiary/aromatic N) is 2. The topological polar surface area (TPSA) is 64.7 Å². The monoisotopic (exact) mass is 414 g/mol. The minimum atomic E-state index is -1.10. The smallest absolute Gasteiger partial charge is 0.307 e.